The monoisotopic (exact) mass is 253 g/mol. The molecule has 0 heterocycles. The van der Waals surface area contributed by atoms with Crippen LogP contribution in [-0.4, -0.2) is 24.2 Å². The molecule has 0 amide bonds. The van der Waals surface area contributed by atoms with Gasteiger partial charge in [0.15, 0.2) is 0 Å². The molecule has 1 aromatic carbocycles. The largest absolute Gasteiger partial charge is 0.461 e. The summed E-state index contributed by atoms with van der Waals surface area (Å²) in [4.78, 5) is 0. The molecule has 1 rings (SSSR count). The maximum absolute atomic E-state index is 12.7. The van der Waals surface area contributed by atoms with E-state index in [-0.39, 0.29) is 5.56 Å². The second-order valence-electron chi connectivity index (χ2n) is 3.29. The van der Waals surface area contributed by atoms with Crippen LogP contribution in [0.5, 0.6) is 5.75 Å². The van der Waals surface area contributed by atoms with Crippen molar-refractivity contribution in [3.8, 4) is 5.75 Å². The summed E-state index contributed by atoms with van der Waals surface area (Å²) in [7, 11) is 0. The standard InChI is InChI=1S/C10H11F4NO2/c11-9(12)10(13,14)17-8-4-2-1-3-6(8)7(15)5-16/h1-4,7,9,16H,5,15H2/t7-/m1/s1. The molecule has 0 radical (unpaired) electrons. The molecule has 0 aliphatic rings. The SMILES string of the molecule is N[C@H](CO)c1ccccc1OC(F)(F)C(F)F. The molecule has 0 unspecified atom stereocenters. The van der Waals surface area contributed by atoms with Crippen LogP contribution in [0, 0.1) is 0 Å². The Hall–Kier alpha value is -1.34. The number of nitrogens with two attached hydrogens (primary N) is 1. The molecule has 3 nitrogen and oxygen atoms in total. The van der Waals surface area contributed by atoms with Gasteiger partial charge in [-0.25, -0.2) is 0 Å². The van der Waals surface area contributed by atoms with Crippen LogP contribution in [0.4, 0.5) is 17.6 Å². The molecule has 96 valence electrons. The number of aliphatic hydroxyl groups excluding tert-OH is 1. The first-order valence-electron chi connectivity index (χ1n) is 4.69. The number of ether oxygens (including phenoxy) is 1. The van der Waals surface area contributed by atoms with Gasteiger partial charge in [-0.3, -0.25) is 0 Å². The van der Waals surface area contributed by atoms with Crippen LogP contribution in [0.1, 0.15) is 11.6 Å². The van der Waals surface area contributed by atoms with Gasteiger partial charge in [0.2, 0.25) is 0 Å². The average molecular weight is 253 g/mol. The molecule has 0 saturated carbocycles. The van der Waals surface area contributed by atoms with E-state index in [1.54, 1.807) is 0 Å². The Morgan fingerprint density at radius 3 is 2.41 bits per heavy atom. The fourth-order valence-electron chi connectivity index (χ4n) is 1.17. The Labute approximate surface area is 94.8 Å². The predicted molar refractivity (Wildman–Crippen MR) is 52.0 cm³/mol. The van der Waals surface area contributed by atoms with Crippen LogP contribution in [0.2, 0.25) is 0 Å². The smallest absolute Gasteiger partial charge is 0.428 e. The summed E-state index contributed by atoms with van der Waals surface area (Å²) >= 11 is 0. The van der Waals surface area contributed by atoms with Crippen molar-refractivity contribution in [1.82, 2.24) is 0 Å². The van der Waals surface area contributed by atoms with Crippen molar-refractivity contribution in [2.75, 3.05) is 6.61 Å². The van der Waals surface area contributed by atoms with Crippen molar-refractivity contribution >= 4 is 0 Å². The Balaban J connectivity index is 2.98. The third-order valence-corrected chi connectivity index (χ3v) is 2.02. The van der Waals surface area contributed by atoms with Gasteiger partial charge in [0.1, 0.15) is 5.75 Å². The minimum Gasteiger partial charge on any atom is -0.428 e. The maximum Gasteiger partial charge on any atom is 0.461 e. The Bertz CT molecular complexity index is 373. The predicted octanol–water partition coefficient (Wildman–Crippen LogP) is 1.92. The quantitative estimate of drug-likeness (QED) is 0.788. The summed E-state index contributed by atoms with van der Waals surface area (Å²) in [6.45, 7) is -0.513. The lowest BCUT2D eigenvalue weighted by atomic mass is 10.1. The van der Waals surface area contributed by atoms with E-state index in [4.69, 9.17) is 10.8 Å². The first kappa shape index (κ1) is 13.7. The average Bonchev–Trinajstić information content (AvgIpc) is 2.28. The molecular formula is C10H11F4NO2. The lowest BCUT2D eigenvalue weighted by Gasteiger charge is -2.20. The lowest BCUT2D eigenvalue weighted by Crippen LogP contribution is -2.34. The van der Waals surface area contributed by atoms with Crippen LogP contribution in [0.15, 0.2) is 24.3 Å². The van der Waals surface area contributed by atoms with E-state index in [0.29, 0.717) is 0 Å². The van der Waals surface area contributed by atoms with Gasteiger partial charge in [0.05, 0.1) is 12.6 Å². The maximum atomic E-state index is 12.7. The number of aliphatic hydroxyl groups is 1. The van der Waals surface area contributed by atoms with Crippen molar-refractivity contribution in [1.29, 1.82) is 0 Å². The zero-order chi connectivity index (χ0) is 13.1. The highest BCUT2D eigenvalue weighted by atomic mass is 19.3. The van der Waals surface area contributed by atoms with Crippen LogP contribution >= 0.6 is 0 Å². The van der Waals surface area contributed by atoms with E-state index in [9.17, 15) is 17.6 Å². The van der Waals surface area contributed by atoms with Crippen LogP contribution in [0.3, 0.4) is 0 Å². The summed E-state index contributed by atoms with van der Waals surface area (Å²) in [6.07, 6.45) is -8.54. The molecule has 17 heavy (non-hydrogen) atoms. The Morgan fingerprint density at radius 2 is 1.88 bits per heavy atom. The van der Waals surface area contributed by atoms with Crippen molar-refractivity contribution in [2.24, 2.45) is 5.73 Å². The number of hydrogen-bond acceptors (Lipinski definition) is 3. The van der Waals surface area contributed by atoms with Gasteiger partial charge in [0, 0.05) is 5.56 Å². The van der Waals surface area contributed by atoms with Gasteiger partial charge in [0.25, 0.3) is 0 Å². The molecule has 7 heteroatoms. The third-order valence-electron chi connectivity index (χ3n) is 2.02. The van der Waals surface area contributed by atoms with Gasteiger partial charge in [-0.05, 0) is 6.07 Å². The van der Waals surface area contributed by atoms with Gasteiger partial charge in [-0.15, -0.1) is 0 Å². The molecular weight excluding hydrogens is 242 g/mol. The third kappa shape index (κ3) is 3.31. The molecule has 0 spiro atoms. The second-order valence-corrected chi connectivity index (χ2v) is 3.29. The molecule has 0 aliphatic carbocycles. The first-order chi connectivity index (χ1) is 7.88. The molecule has 1 atom stereocenters. The van der Waals surface area contributed by atoms with Crippen molar-refractivity contribution < 1.29 is 27.4 Å². The molecule has 0 saturated heterocycles. The van der Waals surface area contributed by atoms with Gasteiger partial charge < -0.3 is 15.6 Å². The normalized spacial score (nSPS) is 13.8. The van der Waals surface area contributed by atoms with E-state index in [0.717, 1.165) is 6.07 Å². The lowest BCUT2D eigenvalue weighted by molar-refractivity contribution is -0.253. The number of para-hydroxylation sites is 1. The highest BCUT2D eigenvalue weighted by Crippen LogP contribution is 2.31. The second kappa shape index (κ2) is 5.33. The summed E-state index contributed by atoms with van der Waals surface area (Å²) in [6, 6.07) is 4.24. The molecule has 1 aromatic rings. The van der Waals surface area contributed by atoms with Crippen molar-refractivity contribution in [2.45, 2.75) is 18.6 Å². The summed E-state index contributed by atoms with van der Waals surface area (Å²) in [5.41, 5.74) is 5.46. The highest BCUT2D eigenvalue weighted by molar-refractivity contribution is 5.36. The first-order valence-corrected chi connectivity index (χ1v) is 4.69. The van der Waals surface area contributed by atoms with Crippen LogP contribution in [0.25, 0.3) is 0 Å². The Kier molecular flexibility index (Phi) is 4.30. The van der Waals surface area contributed by atoms with Crippen molar-refractivity contribution in [3.05, 3.63) is 29.8 Å². The number of rotatable bonds is 5. The van der Waals surface area contributed by atoms with E-state index in [1.807, 2.05) is 0 Å². The van der Waals surface area contributed by atoms with Gasteiger partial charge in [-0.2, -0.15) is 17.6 Å². The molecule has 3 N–H and O–H groups in total. The summed E-state index contributed by atoms with van der Waals surface area (Å²) in [5.74, 6) is -0.473. The van der Waals surface area contributed by atoms with Gasteiger partial charge in [-0.1, -0.05) is 18.2 Å². The Morgan fingerprint density at radius 1 is 1.29 bits per heavy atom. The van der Waals surface area contributed by atoms with E-state index in [2.05, 4.69) is 4.74 Å². The minimum absolute atomic E-state index is 0.0373. The van der Waals surface area contributed by atoms with Crippen LogP contribution in [-0.2, 0) is 0 Å². The molecule has 0 fully saturated rings. The van der Waals surface area contributed by atoms with Crippen LogP contribution < -0.4 is 10.5 Å². The van der Waals surface area contributed by atoms with Gasteiger partial charge >= 0.3 is 12.5 Å². The molecule has 0 aliphatic heterocycles. The number of halogens is 4. The van der Waals surface area contributed by atoms with E-state index >= 15 is 0 Å². The topological polar surface area (TPSA) is 55.5 Å². The van der Waals surface area contributed by atoms with Crippen molar-refractivity contribution in [3.63, 3.8) is 0 Å². The molecule has 0 bridgehead atoms. The zero-order valence-corrected chi connectivity index (χ0v) is 8.62. The molecule has 0 aromatic heterocycles. The number of benzene rings is 1. The fraction of sp³-hybridized carbons (Fsp3) is 0.400. The number of alkyl halides is 4. The highest BCUT2D eigenvalue weighted by Gasteiger charge is 2.44. The zero-order valence-electron chi connectivity index (χ0n) is 8.62. The van der Waals surface area contributed by atoms with E-state index in [1.165, 1.54) is 18.2 Å². The summed E-state index contributed by atoms with van der Waals surface area (Å²) < 4.78 is 53.3. The number of hydrogen-bond donors (Lipinski definition) is 2. The van der Waals surface area contributed by atoms with E-state index < -0.39 is 30.9 Å². The fourth-order valence-corrected chi connectivity index (χ4v) is 1.17. The summed E-state index contributed by atoms with van der Waals surface area (Å²) in [5, 5.41) is 8.80. The minimum atomic E-state index is -4.59.